The molecule has 0 saturated carbocycles. The number of ether oxygens (including phenoxy) is 2. The molecule has 1 heterocycles. The molecule has 1 rings (SSSR count). The minimum atomic E-state index is 0.0688. The Morgan fingerprint density at radius 3 is 2.86 bits per heavy atom. The lowest BCUT2D eigenvalue weighted by Gasteiger charge is -2.27. The molecule has 14 heavy (non-hydrogen) atoms. The maximum absolute atomic E-state index is 5.92. The first-order chi connectivity index (χ1) is 6.86. The number of hydrogen-bond acceptors (Lipinski definition) is 2. The van der Waals surface area contributed by atoms with Crippen molar-refractivity contribution in [3.63, 3.8) is 0 Å². The van der Waals surface area contributed by atoms with Gasteiger partial charge in [-0.15, -0.1) is 0 Å². The number of hydrogen-bond donors (Lipinski definition) is 0. The third kappa shape index (κ3) is 4.76. The van der Waals surface area contributed by atoms with Gasteiger partial charge < -0.3 is 9.47 Å². The number of rotatable bonds is 6. The van der Waals surface area contributed by atoms with E-state index in [1.807, 2.05) is 0 Å². The Hall–Kier alpha value is 0.400. The highest BCUT2D eigenvalue weighted by molar-refractivity contribution is 9.09. The van der Waals surface area contributed by atoms with Gasteiger partial charge in [0.1, 0.15) is 0 Å². The maximum atomic E-state index is 5.92. The first-order valence-corrected chi connectivity index (χ1v) is 6.82. The van der Waals surface area contributed by atoms with E-state index in [-0.39, 0.29) is 6.29 Å². The van der Waals surface area contributed by atoms with Gasteiger partial charge in [-0.1, -0.05) is 29.3 Å². The molecule has 3 heteroatoms. The van der Waals surface area contributed by atoms with Crippen LogP contribution in [0, 0.1) is 0 Å². The van der Waals surface area contributed by atoms with Crippen molar-refractivity contribution in [3.8, 4) is 0 Å². The van der Waals surface area contributed by atoms with Gasteiger partial charge in [-0.25, -0.2) is 0 Å². The summed E-state index contributed by atoms with van der Waals surface area (Å²) in [6.07, 6.45) is 7.38. The molecule has 1 saturated heterocycles. The summed E-state index contributed by atoms with van der Waals surface area (Å²) < 4.78 is 11.5. The lowest BCUT2D eigenvalue weighted by atomic mass is 10.1. The average Bonchev–Trinajstić information content (AvgIpc) is 2.20. The molecule has 0 amide bonds. The molecule has 0 bridgehead atoms. The average molecular weight is 265 g/mol. The standard InChI is InChI=1S/C11H21BrO2/c1-2-5-10(7-8-12)14-11-6-3-4-9-13-11/h10-11H,2-9H2,1H3. The van der Waals surface area contributed by atoms with E-state index in [1.165, 1.54) is 19.3 Å². The summed E-state index contributed by atoms with van der Waals surface area (Å²) in [5.74, 6) is 0. The largest absolute Gasteiger partial charge is 0.353 e. The molecule has 1 aliphatic heterocycles. The van der Waals surface area contributed by atoms with E-state index in [9.17, 15) is 0 Å². The summed E-state index contributed by atoms with van der Waals surface area (Å²) in [5.41, 5.74) is 0. The van der Waals surface area contributed by atoms with Crippen LogP contribution in [0.2, 0.25) is 0 Å². The van der Waals surface area contributed by atoms with Crippen LogP contribution in [0.3, 0.4) is 0 Å². The smallest absolute Gasteiger partial charge is 0.157 e. The van der Waals surface area contributed by atoms with Crippen molar-refractivity contribution in [2.45, 2.75) is 57.8 Å². The Labute approximate surface area is 95.5 Å². The molecule has 1 aliphatic rings. The summed E-state index contributed by atoms with van der Waals surface area (Å²) in [6, 6.07) is 0. The van der Waals surface area contributed by atoms with Crippen LogP contribution < -0.4 is 0 Å². The summed E-state index contributed by atoms with van der Waals surface area (Å²) in [4.78, 5) is 0. The lowest BCUT2D eigenvalue weighted by Crippen LogP contribution is -2.28. The van der Waals surface area contributed by atoms with Gasteiger partial charge in [-0.3, -0.25) is 0 Å². The predicted octanol–water partition coefficient (Wildman–Crippen LogP) is 3.48. The predicted molar refractivity (Wildman–Crippen MR) is 61.8 cm³/mol. The zero-order chi connectivity index (χ0) is 10.2. The zero-order valence-electron chi connectivity index (χ0n) is 9.01. The van der Waals surface area contributed by atoms with E-state index in [1.54, 1.807) is 0 Å². The van der Waals surface area contributed by atoms with Crippen LogP contribution in [-0.4, -0.2) is 24.3 Å². The molecule has 0 radical (unpaired) electrons. The van der Waals surface area contributed by atoms with Crippen molar-refractivity contribution in [2.75, 3.05) is 11.9 Å². The molecule has 0 aromatic heterocycles. The third-order valence-electron chi connectivity index (χ3n) is 2.52. The molecular weight excluding hydrogens is 244 g/mol. The van der Waals surface area contributed by atoms with E-state index < -0.39 is 0 Å². The summed E-state index contributed by atoms with van der Waals surface area (Å²) in [7, 11) is 0. The van der Waals surface area contributed by atoms with Crippen LogP contribution in [0.4, 0.5) is 0 Å². The quantitative estimate of drug-likeness (QED) is 0.684. The number of halogens is 1. The second kappa shape index (κ2) is 7.66. The van der Waals surface area contributed by atoms with Crippen LogP contribution in [-0.2, 0) is 9.47 Å². The third-order valence-corrected chi connectivity index (χ3v) is 2.98. The Balaban J connectivity index is 2.21. The molecule has 2 nitrogen and oxygen atoms in total. The Morgan fingerprint density at radius 2 is 2.29 bits per heavy atom. The van der Waals surface area contributed by atoms with Crippen LogP contribution >= 0.6 is 15.9 Å². The first-order valence-electron chi connectivity index (χ1n) is 5.69. The highest BCUT2D eigenvalue weighted by Crippen LogP contribution is 2.19. The van der Waals surface area contributed by atoms with Gasteiger partial charge in [0.15, 0.2) is 6.29 Å². The minimum absolute atomic E-state index is 0.0688. The van der Waals surface area contributed by atoms with E-state index in [2.05, 4.69) is 22.9 Å². The molecule has 0 aromatic rings. The van der Waals surface area contributed by atoms with Gasteiger partial charge in [-0.05, 0) is 32.1 Å². The van der Waals surface area contributed by atoms with Crippen molar-refractivity contribution in [3.05, 3.63) is 0 Å². The topological polar surface area (TPSA) is 18.5 Å². The van der Waals surface area contributed by atoms with Crippen molar-refractivity contribution in [1.82, 2.24) is 0 Å². The first kappa shape index (κ1) is 12.5. The fraction of sp³-hybridized carbons (Fsp3) is 1.00. The van der Waals surface area contributed by atoms with E-state index in [4.69, 9.17) is 9.47 Å². The molecule has 0 aliphatic carbocycles. The normalized spacial score (nSPS) is 24.9. The SMILES string of the molecule is CCCC(CCBr)OC1CCCCO1. The fourth-order valence-electron chi connectivity index (χ4n) is 1.76. The minimum Gasteiger partial charge on any atom is -0.353 e. The Bertz CT molecular complexity index is 129. The zero-order valence-corrected chi connectivity index (χ0v) is 10.6. The van der Waals surface area contributed by atoms with E-state index in [0.717, 1.165) is 31.2 Å². The molecule has 0 spiro atoms. The van der Waals surface area contributed by atoms with Crippen LogP contribution in [0.25, 0.3) is 0 Å². The molecule has 2 unspecified atom stereocenters. The monoisotopic (exact) mass is 264 g/mol. The van der Waals surface area contributed by atoms with Gasteiger partial charge in [-0.2, -0.15) is 0 Å². The Kier molecular flexibility index (Phi) is 6.82. The molecule has 0 N–H and O–H groups in total. The van der Waals surface area contributed by atoms with Gasteiger partial charge >= 0.3 is 0 Å². The van der Waals surface area contributed by atoms with E-state index >= 15 is 0 Å². The van der Waals surface area contributed by atoms with Gasteiger partial charge in [0.2, 0.25) is 0 Å². The molecule has 0 aromatic carbocycles. The van der Waals surface area contributed by atoms with Gasteiger partial charge in [0.05, 0.1) is 6.10 Å². The molecular formula is C11H21BrO2. The van der Waals surface area contributed by atoms with Crippen molar-refractivity contribution in [2.24, 2.45) is 0 Å². The number of alkyl halides is 1. The van der Waals surface area contributed by atoms with Crippen molar-refractivity contribution < 1.29 is 9.47 Å². The Morgan fingerprint density at radius 1 is 1.43 bits per heavy atom. The van der Waals surface area contributed by atoms with Gasteiger partial charge in [0.25, 0.3) is 0 Å². The second-order valence-electron chi connectivity index (χ2n) is 3.82. The summed E-state index contributed by atoms with van der Waals surface area (Å²) >= 11 is 3.46. The van der Waals surface area contributed by atoms with Crippen molar-refractivity contribution >= 4 is 15.9 Å². The molecule has 2 atom stereocenters. The summed E-state index contributed by atoms with van der Waals surface area (Å²) in [6.45, 7) is 3.07. The second-order valence-corrected chi connectivity index (χ2v) is 4.61. The van der Waals surface area contributed by atoms with Crippen molar-refractivity contribution in [1.29, 1.82) is 0 Å². The van der Waals surface area contributed by atoms with Gasteiger partial charge in [0, 0.05) is 11.9 Å². The molecule has 84 valence electrons. The fourth-order valence-corrected chi connectivity index (χ4v) is 2.27. The molecule has 1 fully saturated rings. The summed E-state index contributed by atoms with van der Waals surface area (Å²) in [5, 5.41) is 1.02. The van der Waals surface area contributed by atoms with E-state index in [0.29, 0.717) is 6.10 Å². The van der Waals surface area contributed by atoms with Crippen LogP contribution in [0.15, 0.2) is 0 Å². The maximum Gasteiger partial charge on any atom is 0.157 e. The highest BCUT2D eigenvalue weighted by atomic mass is 79.9. The van der Waals surface area contributed by atoms with Crippen LogP contribution in [0.1, 0.15) is 45.4 Å². The lowest BCUT2D eigenvalue weighted by molar-refractivity contribution is -0.189. The highest BCUT2D eigenvalue weighted by Gasteiger charge is 2.18. The van der Waals surface area contributed by atoms with Crippen LogP contribution in [0.5, 0.6) is 0 Å².